The number of rotatable bonds is 5. The number of halogens is 1. The molecule has 6 nitrogen and oxygen atoms in total. The van der Waals surface area contributed by atoms with E-state index in [0.717, 1.165) is 25.7 Å². The molecule has 1 aliphatic carbocycles. The number of nitrogens with zero attached hydrogens (tertiary/aromatic N) is 1. The van der Waals surface area contributed by atoms with Crippen LogP contribution in [0.25, 0.3) is 0 Å². The van der Waals surface area contributed by atoms with E-state index in [1.165, 1.54) is 12.5 Å². The summed E-state index contributed by atoms with van der Waals surface area (Å²) in [5.41, 5.74) is 7.19. The van der Waals surface area contributed by atoms with Crippen LogP contribution in [0.15, 0.2) is 30.3 Å². The Bertz CT molecular complexity index is 622. The lowest BCUT2D eigenvalue weighted by Gasteiger charge is -2.36. The normalized spacial score (nSPS) is 27.7. The molecular weight excluding hydrogens is 366 g/mol. The largest absolute Gasteiger partial charge is 0.373 e. The highest BCUT2D eigenvalue weighted by molar-refractivity contribution is 5.85. The summed E-state index contributed by atoms with van der Waals surface area (Å²) in [6.45, 7) is 3.15. The zero-order chi connectivity index (χ0) is 18.5. The Balaban J connectivity index is 0.00000261. The molecule has 0 unspecified atom stereocenters. The first-order valence-electron chi connectivity index (χ1n) is 9.48. The van der Waals surface area contributed by atoms with Crippen LogP contribution in [0.5, 0.6) is 0 Å². The number of carbonyl (C=O) groups is 2. The zero-order valence-corrected chi connectivity index (χ0v) is 16.6. The fraction of sp³-hybridized carbons (Fsp3) is 0.600. The van der Waals surface area contributed by atoms with Gasteiger partial charge in [-0.2, -0.15) is 0 Å². The minimum absolute atomic E-state index is 0. The fourth-order valence-corrected chi connectivity index (χ4v) is 3.62. The third kappa shape index (κ3) is 6.19. The SMILES string of the molecule is CC(=O)N1C[C@@H](N)CC[C@@H](C(=O)NC2CC(OCc3ccccc3)C2)C1.Cl. The number of carbonyl (C=O) groups excluding carboxylic acids is 2. The van der Waals surface area contributed by atoms with E-state index in [2.05, 4.69) is 17.4 Å². The highest BCUT2D eigenvalue weighted by Crippen LogP contribution is 2.25. The number of hydrogen-bond donors (Lipinski definition) is 2. The summed E-state index contributed by atoms with van der Waals surface area (Å²) in [4.78, 5) is 26.0. The lowest BCUT2D eigenvalue weighted by molar-refractivity contribution is -0.132. The average Bonchev–Trinajstić information content (AvgIpc) is 2.79. The van der Waals surface area contributed by atoms with Gasteiger partial charge >= 0.3 is 0 Å². The summed E-state index contributed by atoms with van der Waals surface area (Å²) >= 11 is 0. The van der Waals surface area contributed by atoms with E-state index >= 15 is 0 Å². The van der Waals surface area contributed by atoms with Crippen LogP contribution >= 0.6 is 12.4 Å². The Morgan fingerprint density at radius 3 is 2.56 bits per heavy atom. The molecule has 2 fully saturated rings. The van der Waals surface area contributed by atoms with Crippen LogP contribution in [0.2, 0.25) is 0 Å². The van der Waals surface area contributed by atoms with Crippen LogP contribution in [0.3, 0.4) is 0 Å². The van der Waals surface area contributed by atoms with E-state index in [0.29, 0.717) is 19.7 Å². The van der Waals surface area contributed by atoms with Crippen molar-refractivity contribution in [2.45, 2.75) is 57.4 Å². The third-order valence-corrected chi connectivity index (χ3v) is 5.37. The number of nitrogens with two attached hydrogens (primary N) is 1. The van der Waals surface area contributed by atoms with Gasteiger partial charge in [0.05, 0.1) is 18.6 Å². The monoisotopic (exact) mass is 395 g/mol. The molecule has 7 heteroatoms. The number of hydrogen-bond acceptors (Lipinski definition) is 4. The van der Waals surface area contributed by atoms with E-state index in [-0.39, 0.29) is 48.3 Å². The van der Waals surface area contributed by atoms with E-state index in [1.54, 1.807) is 4.90 Å². The molecule has 150 valence electrons. The molecule has 0 bridgehead atoms. The van der Waals surface area contributed by atoms with Crippen LogP contribution in [-0.4, -0.2) is 48.0 Å². The Kier molecular flexibility index (Phi) is 8.07. The van der Waals surface area contributed by atoms with Crippen LogP contribution in [0, 0.1) is 5.92 Å². The molecule has 1 aliphatic heterocycles. The first-order chi connectivity index (χ1) is 12.5. The summed E-state index contributed by atoms with van der Waals surface area (Å²) < 4.78 is 5.88. The topological polar surface area (TPSA) is 84.7 Å². The maximum atomic E-state index is 12.6. The lowest BCUT2D eigenvalue weighted by atomic mass is 9.88. The van der Waals surface area contributed by atoms with Gasteiger partial charge in [0, 0.05) is 32.1 Å². The van der Waals surface area contributed by atoms with Crippen molar-refractivity contribution < 1.29 is 14.3 Å². The Morgan fingerprint density at radius 2 is 1.89 bits per heavy atom. The first kappa shape index (κ1) is 21.7. The molecule has 0 radical (unpaired) electrons. The van der Waals surface area contributed by atoms with Gasteiger partial charge in [0.2, 0.25) is 11.8 Å². The van der Waals surface area contributed by atoms with Gasteiger partial charge in [0.15, 0.2) is 0 Å². The van der Waals surface area contributed by atoms with Gasteiger partial charge in [0.1, 0.15) is 0 Å². The predicted molar refractivity (Wildman–Crippen MR) is 106 cm³/mol. The minimum Gasteiger partial charge on any atom is -0.373 e. The quantitative estimate of drug-likeness (QED) is 0.796. The van der Waals surface area contributed by atoms with Crippen molar-refractivity contribution in [3.8, 4) is 0 Å². The standard InChI is InChI=1S/C20H29N3O3.ClH/c1-14(24)23-11-16(7-8-17(21)12-23)20(25)22-18-9-19(10-18)26-13-15-5-3-2-4-6-15;/h2-6,16-19H,7-13,21H2,1H3,(H,22,25);1H/t16-,17+,18?,19?;/m1./s1. The second-order valence-electron chi connectivity index (χ2n) is 7.55. The molecule has 1 aromatic carbocycles. The van der Waals surface area contributed by atoms with Gasteiger partial charge in [-0.25, -0.2) is 0 Å². The molecule has 1 heterocycles. The number of nitrogens with one attached hydrogen (secondary N) is 1. The second-order valence-corrected chi connectivity index (χ2v) is 7.55. The minimum atomic E-state index is -0.170. The number of ether oxygens (including phenoxy) is 1. The number of benzene rings is 1. The third-order valence-electron chi connectivity index (χ3n) is 5.37. The number of amides is 2. The molecule has 3 rings (SSSR count). The van der Waals surface area contributed by atoms with E-state index in [4.69, 9.17) is 10.5 Å². The molecule has 1 saturated carbocycles. The Morgan fingerprint density at radius 1 is 1.19 bits per heavy atom. The molecule has 1 saturated heterocycles. The van der Waals surface area contributed by atoms with Crippen molar-refractivity contribution in [3.05, 3.63) is 35.9 Å². The molecule has 0 aromatic heterocycles. The maximum Gasteiger partial charge on any atom is 0.225 e. The average molecular weight is 396 g/mol. The van der Waals surface area contributed by atoms with Crippen molar-refractivity contribution in [2.24, 2.45) is 11.7 Å². The van der Waals surface area contributed by atoms with E-state index in [9.17, 15) is 9.59 Å². The van der Waals surface area contributed by atoms with Gasteiger partial charge < -0.3 is 20.7 Å². The van der Waals surface area contributed by atoms with E-state index < -0.39 is 0 Å². The summed E-state index contributed by atoms with van der Waals surface area (Å²) in [6, 6.07) is 10.2. The summed E-state index contributed by atoms with van der Waals surface area (Å²) in [7, 11) is 0. The summed E-state index contributed by atoms with van der Waals surface area (Å²) in [5.74, 6) is -0.147. The lowest BCUT2D eigenvalue weighted by Crippen LogP contribution is -2.50. The highest BCUT2D eigenvalue weighted by atomic mass is 35.5. The molecule has 3 N–H and O–H groups in total. The van der Waals surface area contributed by atoms with Crippen LogP contribution in [0.4, 0.5) is 0 Å². The van der Waals surface area contributed by atoms with Crippen molar-refractivity contribution >= 4 is 24.2 Å². The smallest absolute Gasteiger partial charge is 0.225 e. The molecule has 2 amide bonds. The van der Waals surface area contributed by atoms with Gasteiger partial charge in [-0.15, -0.1) is 12.4 Å². The van der Waals surface area contributed by atoms with Gasteiger partial charge in [-0.05, 0) is 31.2 Å². The van der Waals surface area contributed by atoms with Crippen LogP contribution < -0.4 is 11.1 Å². The molecular formula is C20H30ClN3O3. The zero-order valence-electron chi connectivity index (χ0n) is 15.8. The molecule has 1 aromatic rings. The van der Waals surface area contributed by atoms with Crippen LogP contribution in [0.1, 0.15) is 38.2 Å². The summed E-state index contributed by atoms with van der Waals surface area (Å²) in [5, 5.41) is 3.12. The highest BCUT2D eigenvalue weighted by Gasteiger charge is 2.34. The second kappa shape index (κ2) is 10.1. The molecule has 2 aliphatic rings. The predicted octanol–water partition coefficient (Wildman–Crippen LogP) is 1.86. The maximum absolute atomic E-state index is 12.6. The Labute approximate surface area is 167 Å². The van der Waals surface area contributed by atoms with Gasteiger partial charge in [-0.1, -0.05) is 30.3 Å². The van der Waals surface area contributed by atoms with Crippen LogP contribution in [-0.2, 0) is 20.9 Å². The molecule has 2 atom stereocenters. The number of likely N-dealkylation sites (tertiary alicyclic amines) is 1. The van der Waals surface area contributed by atoms with Crippen molar-refractivity contribution in [1.29, 1.82) is 0 Å². The molecule has 27 heavy (non-hydrogen) atoms. The van der Waals surface area contributed by atoms with Crippen molar-refractivity contribution in [3.63, 3.8) is 0 Å². The van der Waals surface area contributed by atoms with Crippen molar-refractivity contribution in [2.75, 3.05) is 13.1 Å². The first-order valence-corrected chi connectivity index (χ1v) is 9.48. The van der Waals surface area contributed by atoms with E-state index in [1.807, 2.05) is 18.2 Å². The fourth-order valence-electron chi connectivity index (χ4n) is 3.62. The van der Waals surface area contributed by atoms with Crippen molar-refractivity contribution in [1.82, 2.24) is 10.2 Å². The summed E-state index contributed by atoms with van der Waals surface area (Å²) in [6.07, 6.45) is 3.41. The Hall–Kier alpha value is -1.63. The van der Waals surface area contributed by atoms with Gasteiger partial charge in [-0.3, -0.25) is 9.59 Å². The van der Waals surface area contributed by atoms with Gasteiger partial charge in [0.25, 0.3) is 0 Å². The molecule has 0 spiro atoms.